The molecule has 0 amide bonds. The van der Waals surface area contributed by atoms with Gasteiger partial charge in [-0.3, -0.25) is 0 Å². The second-order valence-corrected chi connectivity index (χ2v) is 7.83. The maximum Gasteiger partial charge on any atom is 0.344 e. The predicted octanol–water partition coefficient (Wildman–Crippen LogP) is 1.71. The van der Waals surface area contributed by atoms with E-state index in [-0.39, 0.29) is 11.3 Å². The normalized spacial score (nSPS) is 12.6. The zero-order chi connectivity index (χ0) is 20.2. The summed E-state index contributed by atoms with van der Waals surface area (Å²) in [7, 11) is 0. The first-order valence-electron chi connectivity index (χ1n) is 7.01. The number of carboxylic acid groups (broad SMARTS) is 1. The molecule has 0 aliphatic carbocycles. The molecule has 26 heavy (non-hydrogen) atoms. The summed E-state index contributed by atoms with van der Waals surface area (Å²) in [6.45, 7) is 1.42. The largest absolute Gasteiger partial charge is 0.544 e. The summed E-state index contributed by atoms with van der Waals surface area (Å²) in [5, 5.41) is 20.4. The highest BCUT2D eigenvalue weighted by atomic mass is 127. The van der Waals surface area contributed by atoms with Gasteiger partial charge in [0, 0.05) is 3.57 Å². The fourth-order valence-electron chi connectivity index (χ4n) is 1.84. The van der Waals surface area contributed by atoms with Crippen LogP contribution in [0, 0.1) is 13.1 Å². The zero-order valence-corrected chi connectivity index (χ0v) is 17.7. The van der Waals surface area contributed by atoms with E-state index in [1.54, 1.807) is 28.7 Å². The smallest absolute Gasteiger partial charge is 0.344 e. The Balaban J connectivity index is 2.80. The minimum atomic E-state index is -4.41. The number of alkyl halides is 2. The number of phenols is 1. The Hall–Kier alpha value is -1.25. The molecule has 0 spiro atoms. The van der Waals surface area contributed by atoms with Gasteiger partial charge in [0.1, 0.15) is 17.3 Å². The SMILES string of the molecule is CC(C)C(OC(=O)COC(=O)c1cc(I)cc(I)c1O)C(F)(F)C(=O)[O-]. The van der Waals surface area contributed by atoms with Crippen molar-refractivity contribution in [1.82, 2.24) is 0 Å². The fraction of sp³-hybridized carbons (Fsp3) is 0.400. The number of carboxylic acids is 1. The van der Waals surface area contributed by atoms with Crippen molar-refractivity contribution < 1.29 is 42.9 Å². The number of benzene rings is 1. The molecule has 0 aromatic heterocycles. The van der Waals surface area contributed by atoms with Gasteiger partial charge >= 0.3 is 17.9 Å². The molecule has 1 unspecified atom stereocenters. The molecule has 0 bridgehead atoms. The Morgan fingerprint density at radius 1 is 1.27 bits per heavy atom. The van der Waals surface area contributed by atoms with Crippen LogP contribution in [0.1, 0.15) is 24.2 Å². The Bertz CT molecular complexity index is 722. The van der Waals surface area contributed by atoms with Crippen molar-refractivity contribution in [3.8, 4) is 5.75 Å². The third-order valence-corrected chi connectivity index (χ3v) is 4.51. The van der Waals surface area contributed by atoms with E-state index >= 15 is 0 Å². The van der Waals surface area contributed by atoms with Crippen molar-refractivity contribution in [2.75, 3.05) is 6.61 Å². The van der Waals surface area contributed by atoms with Gasteiger partial charge in [0.15, 0.2) is 12.7 Å². The first-order chi connectivity index (χ1) is 11.9. The van der Waals surface area contributed by atoms with E-state index in [9.17, 15) is 33.4 Å². The average Bonchev–Trinajstić information content (AvgIpc) is 2.52. The van der Waals surface area contributed by atoms with Gasteiger partial charge < -0.3 is 24.5 Å². The Labute approximate surface area is 174 Å². The quantitative estimate of drug-likeness (QED) is 0.377. The van der Waals surface area contributed by atoms with Crippen molar-refractivity contribution in [1.29, 1.82) is 0 Å². The zero-order valence-electron chi connectivity index (χ0n) is 13.4. The molecule has 1 rings (SSSR count). The monoisotopic (exact) mass is 597 g/mol. The average molecular weight is 597 g/mol. The summed E-state index contributed by atoms with van der Waals surface area (Å²) >= 11 is 3.69. The number of rotatable bonds is 7. The minimum absolute atomic E-state index is 0.213. The van der Waals surface area contributed by atoms with Gasteiger partial charge in [-0.05, 0) is 63.2 Å². The maximum atomic E-state index is 13.5. The molecule has 1 N–H and O–H groups in total. The van der Waals surface area contributed by atoms with Crippen LogP contribution in [0.3, 0.4) is 0 Å². The molecule has 1 aromatic carbocycles. The molecule has 0 saturated heterocycles. The predicted molar refractivity (Wildman–Crippen MR) is 98.5 cm³/mol. The maximum absolute atomic E-state index is 13.5. The first-order valence-corrected chi connectivity index (χ1v) is 9.17. The van der Waals surface area contributed by atoms with Gasteiger partial charge in [-0.1, -0.05) is 13.8 Å². The number of hydrogen-bond donors (Lipinski definition) is 1. The van der Waals surface area contributed by atoms with E-state index in [4.69, 9.17) is 0 Å². The van der Waals surface area contributed by atoms with Gasteiger partial charge in [0.05, 0.1) is 3.57 Å². The molecule has 0 fully saturated rings. The molecule has 11 heteroatoms. The van der Waals surface area contributed by atoms with Crippen LogP contribution in [-0.4, -0.2) is 41.6 Å². The molecule has 144 valence electrons. The van der Waals surface area contributed by atoms with Crippen molar-refractivity contribution in [2.45, 2.75) is 25.9 Å². The van der Waals surface area contributed by atoms with Crippen LogP contribution >= 0.6 is 45.2 Å². The lowest BCUT2D eigenvalue weighted by Crippen LogP contribution is -2.53. The Morgan fingerprint density at radius 3 is 2.35 bits per heavy atom. The molecular weight excluding hydrogens is 584 g/mol. The van der Waals surface area contributed by atoms with Crippen LogP contribution < -0.4 is 5.11 Å². The Kier molecular flexibility index (Phi) is 7.98. The molecule has 0 radical (unpaired) electrons. The number of ether oxygens (including phenoxy) is 2. The third-order valence-electron chi connectivity index (χ3n) is 3.06. The molecule has 0 aliphatic heterocycles. The minimum Gasteiger partial charge on any atom is -0.544 e. The lowest BCUT2D eigenvalue weighted by atomic mass is 10.0. The van der Waals surface area contributed by atoms with Gasteiger partial charge in [-0.25, -0.2) is 9.59 Å². The van der Waals surface area contributed by atoms with Gasteiger partial charge in [0.2, 0.25) is 0 Å². The number of halogens is 4. The number of aromatic hydroxyl groups is 1. The number of esters is 2. The molecule has 7 nitrogen and oxygen atoms in total. The highest BCUT2D eigenvalue weighted by molar-refractivity contribution is 14.1. The second kappa shape index (κ2) is 9.10. The van der Waals surface area contributed by atoms with Crippen LogP contribution in [0.5, 0.6) is 5.75 Å². The number of carbonyl (C=O) groups is 3. The number of hydrogen-bond acceptors (Lipinski definition) is 7. The van der Waals surface area contributed by atoms with E-state index in [2.05, 4.69) is 9.47 Å². The summed E-state index contributed by atoms with van der Waals surface area (Å²) in [4.78, 5) is 34.2. The fourth-order valence-corrected chi connectivity index (χ4v) is 3.69. The van der Waals surface area contributed by atoms with Crippen LogP contribution in [0.4, 0.5) is 8.78 Å². The van der Waals surface area contributed by atoms with E-state index in [0.717, 1.165) is 0 Å². The van der Waals surface area contributed by atoms with Crippen molar-refractivity contribution >= 4 is 63.1 Å². The van der Waals surface area contributed by atoms with Gasteiger partial charge in [-0.2, -0.15) is 8.78 Å². The van der Waals surface area contributed by atoms with Crippen LogP contribution in [0.2, 0.25) is 0 Å². The lowest BCUT2D eigenvalue weighted by Gasteiger charge is -2.29. The molecule has 0 heterocycles. The molecule has 0 aliphatic rings. The highest BCUT2D eigenvalue weighted by Crippen LogP contribution is 2.28. The highest BCUT2D eigenvalue weighted by Gasteiger charge is 2.46. The molecule has 0 saturated carbocycles. The van der Waals surface area contributed by atoms with Crippen LogP contribution in [-0.2, 0) is 19.1 Å². The summed E-state index contributed by atoms with van der Waals surface area (Å²) < 4.78 is 37.2. The summed E-state index contributed by atoms with van der Waals surface area (Å²) in [5.41, 5.74) is -0.213. The van der Waals surface area contributed by atoms with Gasteiger partial charge in [0.25, 0.3) is 0 Å². The van der Waals surface area contributed by atoms with Gasteiger partial charge in [-0.15, -0.1) is 0 Å². The topological polar surface area (TPSA) is 113 Å². The van der Waals surface area contributed by atoms with Crippen molar-refractivity contribution in [3.63, 3.8) is 0 Å². The molecule has 1 atom stereocenters. The first kappa shape index (κ1) is 22.8. The summed E-state index contributed by atoms with van der Waals surface area (Å²) in [6.07, 6.45) is -2.29. The Morgan fingerprint density at radius 2 is 1.85 bits per heavy atom. The summed E-state index contributed by atoms with van der Waals surface area (Å²) in [6, 6.07) is 2.91. The van der Waals surface area contributed by atoms with Crippen molar-refractivity contribution in [3.05, 3.63) is 24.8 Å². The summed E-state index contributed by atoms with van der Waals surface area (Å²) in [5.74, 6) is -10.9. The number of aliphatic carboxylic acids is 1. The molecule has 1 aromatic rings. The third kappa shape index (κ3) is 5.62. The standard InChI is InChI=1S/C15H14F2I2O7/c1-6(2)12(15(16,17)14(23)24)26-10(20)5-25-13(22)8-3-7(18)4-9(19)11(8)21/h3-4,6,12,21H,5H2,1-2H3,(H,23,24)/p-1. The van der Waals surface area contributed by atoms with Crippen LogP contribution in [0.25, 0.3) is 0 Å². The van der Waals surface area contributed by atoms with E-state index in [1.165, 1.54) is 19.9 Å². The number of carbonyl (C=O) groups excluding carboxylic acids is 3. The van der Waals surface area contributed by atoms with Crippen LogP contribution in [0.15, 0.2) is 12.1 Å². The van der Waals surface area contributed by atoms with E-state index in [0.29, 0.717) is 7.14 Å². The van der Waals surface area contributed by atoms with Crippen molar-refractivity contribution in [2.24, 2.45) is 5.92 Å². The van der Waals surface area contributed by atoms with E-state index in [1.807, 2.05) is 22.6 Å². The second-order valence-electron chi connectivity index (χ2n) is 5.42. The lowest BCUT2D eigenvalue weighted by molar-refractivity contribution is -0.337. The molecular formula is C15H13F2I2O7-. The number of phenolic OH excluding ortho intramolecular Hbond substituents is 1. The van der Waals surface area contributed by atoms with E-state index < -0.39 is 42.5 Å².